The quantitative estimate of drug-likeness (QED) is 0.478. The number of hydrogen-bond acceptors (Lipinski definition) is 4. The van der Waals surface area contributed by atoms with E-state index in [1.54, 1.807) is 0 Å². The molecule has 0 rings (SSSR count). The molecular weight excluding hydrogens is 220 g/mol. The molecule has 1 atom stereocenters. The topological polar surface area (TPSA) is 101 Å². The Bertz CT molecular complexity index is 256. The summed E-state index contributed by atoms with van der Waals surface area (Å²) < 4.78 is 0. The number of primary amides is 1. The first-order chi connectivity index (χ1) is 7.84. The standard InChI is InChI=1S/C11H24N4O2/c1-8(2)15(3)6-4-5-14-11(17)9(12)7-10(13)16/h8-9H,4-7,12H2,1-3H3,(H2,13,16)(H,14,17). The van der Waals surface area contributed by atoms with E-state index in [-0.39, 0.29) is 12.3 Å². The van der Waals surface area contributed by atoms with Crippen LogP contribution >= 0.6 is 0 Å². The van der Waals surface area contributed by atoms with Gasteiger partial charge in [-0.15, -0.1) is 0 Å². The third kappa shape index (κ3) is 7.70. The Morgan fingerprint density at radius 1 is 1.35 bits per heavy atom. The van der Waals surface area contributed by atoms with Crippen LogP contribution in [-0.2, 0) is 9.59 Å². The molecule has 2 amide bonds. The van der Waals surface area contributed by atoms with Gasteiger partial charge < -0.3 is 21.7 Å². The normalized spacial score (nSPS) is 12.8. The molecule has 6 nitrogen and oxygen atoms in total. The zero-order valence-corrected chi connectivity index (χ0v) is 10.9. The fourth-order valence-corrected chi connectivity index (χ4v) is 1.24. The monoisotopic (exact) mass is 244 g/mol. The van der Waals surface area contributed by atoms with Gasteiger partial charge in [-0.1, -0.05) is 0 Å². The van der Waals surface area contributed by atoms with Crippen molar-refractivity contribution in [3.63, 3.8) is 0 Å². The maximum absolute atomic E-state index is 11.4. The Hall–Kier alpha value is -1.14. The number of nitrogens with one attached hydrogen (secondary N) is 1. The molecule has 17 heavy (non-hydrogen) atoms. The van der Waals surface area contributed by atoms with Crippen LogP contribution < -0.4 is 16.8 Å². The largest absolute Gasteiger partial charge is 0.370 e. The lowest BCUT2D eigenvalue weighted by Gasteiger charge is -2.20. The number of carbonyl (C=O) groups excluding carboxylic acids is 2. The van der Waals surface area contributed by atoms with E-state index < -0.39 is 11.9 Å². The van der Waals surface area contributed by atoms with Crippen molar-refractivity contribution in [3.8, 4) is 0 Å². The lowest BCUT2D eigenvalue weighted by Crippen LogP contribution is -2.43. The highest BCUT2D eigenvalue weighted by Gasteiger charge is 2.15. The first kappa shape index (κ1) is 15.9. The average Bonchev–Trinajstić information content (AvgIpc) is 2.22. The summed E-state index contributed by atoms with van der Waals surface area (Å²) in [4.78, 5) is 24.2. The molecule has 0 aromatic carbocycles. The maximum Gasteiger partial charge on any atom is 0.237 e. The van der Waals surface area contributed by atoms with E-state index in [2.05, 4.69) is 24.1 Å². The molecule has 5 N–H and O–H groups in total. The van der Waals surface area contributed by atoms with Crippen molar-refractivity contribution in [2.75, 3.05) is 20.1 Å². The van der Waals surface area contributed by atoms with Gasteiger partial charge in [-0.25, -0.2) is 0 Å². The van der Waals surface area contributed by atoms with Gasteiger partial charge in [0.2, 0.25) is 11.8 Å². The second-order valence-electron chi connectivity index (χ2n) is 4.50. The molecule has 0 spiro atoms. The van der Waals surface area contributed by atoms with Crippen molar-refractivity contribution in [2.24, 2.45) is 11.5 Å². The predicted octanol–water partition coefficient (Wildman–Crippen LogP) is -0.964. The van der Waals surface area contributed by atoms with Crippen LogP contribution in [0.3, 0.4) is 0 Å². The highest BCUT2D eigenvalue weighted by molar-refractivity contribution is 5.87. The minimum atomic E-state index is -0.838. The molecule has 0 radical (unpaired) electrons. The summed E-state index contributed by atoms with van der Waals surface area (Å²) in [6, 6.07) is -0.349. The Morgan fingerprint density at radius 2 is 1.94 bits per heavy atom. The molecule has 0 bridgehead atoms. The highest BCUT2D eigenvalue weighted by atomic mass is 16.2. The molecule has 1 unspecified atom stereocenters. The van der Waals surface area contributed by atoms with Crippen LogP contribution in [0.1, 0.15) is 26.7 Å². The van der Waals surface area contributed by atoms with Crippen LogP contribution in [0.4, 0.5) is 0 Å². The lowest BCUT2D eigenvalue weighted by atomic mass is 10.2. The molecule has 0 aromatic rings. The third-order valence-corrected chi connectivity index (χ3v) is 2.63. The summed E-state index contributed by atoms with van der Waals surface area (Å²) in [6.07, 6.45) is 0.738. The van der Waals surface area contributed by atoms with Gasteiger partial charge in [0.25, 0.3) is 0 Å². The fourth-order valence-electron chi connectivity index (χ4n) is 1.24. The number of amides is 2. The first-order valence-corrected chi connectivity index (χ1v) is 5.86. The predicted molar refractivity (Wildman–Crippen MR) is 67.2 cm³/mol. The van der Waals surface area contributed by atoms with Gasteiger partial charge in [0.05, 0.1) is 12.5 Å². The minimum Gasteiger partial charge on any atom is -0.370 e. The molecule has 0 saturated heterocycles. The average molecular weight is 244 g/mol. The van der Waals surface area contributed by atoms with Crippen LogP contribution in [-0.4, -0.2) is 48.9 Å². The van der Waals surface area contributed by atoms with Crippen molar-refractivity contribution in [1.82, 2.24) is 10.2 Å². The molecule has 0 aliphatic rings. The van der Waals surface area contributed by atoms with E-state index in [4.69, 9.17) is 11.5 Å². The number of hydrogen-bond donors (Lipinski definition) is 3. The second-order valence-corrected chi connectivity index (χ2v) is 4.50. The van der Waals surface area contributed by atoms with Gasteiger partial charge in [0.15, 0.2) is 0 Å². The van der Waals surface area contributed by atoms with Crippen LogP contribution in [0, 0.1) is 0 Å². The van der Waals surface area contributed by atoms with Crippen LogP contribution in [0.5, 0.6) is 0 Å². The lowest BCUT2D eigenvalue weighted by molar-refractivity contribution is -0.126. The molecule has 0 fully saturated rings. The van der Waals surface area contributed by atoms with Crippen molar-refractivity contribution >= 4 is 11.8 Å². The molecule has 6 heteroatoms. The van der Waals surface area contributed by atoms with Crippen molar-refractivity contribution in [3.05, 3.63) is 0 Å². The molecule has 0 saturated carbocycles. The van der Waals surface area contributed by atoms with E-state index >= 15 is 0 Å². The zero-order chi connectivity index (χ0) is 13.4. The molecule has 0 aliphatic carbocycles. The summed E-state index contributed by atoms with van der Waals surface area (Å²) in [5, 5.41) is 2.68. The summed E-state index contributed by atoms with van der Waals surface area (Å²) in [5.74, 6) is -0.886. The summed E-state index contributed by atoms with van der Waals surface area (Å²) in [5.41, 5.74) is 10.4. The number of nitrogens with two attached hydrogens (primary N) is 2. The van der Waals surface area contributed by atoms with Gasteiger partial charge in [-0.3, -0.25) is 9.59 Å². The van der Waals surface area contributed by atoms with Crippen LogP contribution in [0.25, 0.3) is 0 Å². The van der Waals surface area contributed by atoms with Gasteiger partial charge >= 0.3 is 0 Å². The second kappa shape index (κ2) is 8.03. The summed E-state index contributed by atoms with van der Waals surface area (Å²) in [6.45, 7) is 5.69. The highest BCUT2D eigenvalue weighted by Crippen LogP contribution is 1.94. The SMILES string of the molecule is CC(C)N(C)CCCNC(=O)C(N)CC(N)=O. The fraction of sp³-hybridized carbons (Fsp3) is 0.818. The van der Waals surface area contributed by atoms with Gasteiger partial charge in [-0.2, -0.15) is 0 Å². The van der Waals surface area contributed by atoms with E-state index in [0.717, 1.165) is 13.0 Å². The van der Waals surface area contributed by atoms with Crippen LogP contribution in [0.2, 0.25) is 0 Å². The molecule has 0 aliphatic heterocycles. The molecular formula is C11H24N4O2. The van der Waals surface area contributed by atoms with E-state index in [9.17, 15) is 9.59 Å². The number of carbonyl (C=O) groups is 2. The van der Waals surface area contributed by atoms with Crippen LogP contribution in [0.15, 0.2) is 0 Å². The molecule has 0 heterocycles. The van der Waals surface area contributed by atoms with Gasteiger partial charge in [-0.05, 0) is 33.9 Å². The number of nitrogens with zero attached hydrogens (tertiary/aromatic N) is 1. The summed E-state index contributed by atoms with van der Waals surface area (Å²) >= 11 is 0. The van der Waals surface area contributed by atoms with Gasteiger partial charge in [0, 0.05) is 12.6 Å². The first-order valence-electron chi connectivity index (χ1n) is 5.86. The van der Waals surface area contributed by atoms with E-state index in [1.165, 1.54) is 0 Å². The van der Waals surface area contributed by atoms with Crippen molar-refractivity contribution in [1.29, 1.82) is 0 Å². The zero-order valence-electron chi connectivity index (χ0n) is 10.9. The van der Waals surface area contributed by atoms with Gasteiger partial charge in [0.1, 0.15) is 0 Å². The Kier molecular flexibility index (Phi) is 7.49. The van der Waals surface area contributed by atoms with E-state index in [0.29, 0.717) is 12.6 Å². The minimum absolute atomic E-state index is 0.113. The Balaban J connectivity index is 3.68. The molecule has 100 valence electrons. The van der Waals surface area contributed by atoms with Crippen molar-refractivity contribution < 1.29 is 9.59 Å². The van der Waals surface area contributed by atoms with E-state index in [1.807, 2.05) is 7.05 Å². The molecule has 0 aromatic heterocycles. The maximum atomic E-state index is 11.4. The Labute approximate surface area is 103 Å². The smallest absolute Gasteiger partial charge is 0.237 e. The third-order valence-electron chi connectivity index (χ3n) is 2.63. The summed E-state index contributed by atoms with van der Waals surface area (Å²) in [7, 11) is 2.03. The number of rotatable bonds is 8. The van der Waals surface area contributed by atoms with Crippen molar-refractivity contribution in [2.45, 2.75) is 38.8 Å². The Morgan fingerprint density at radius 3 is 2.41 bits per heavy atom.